The Morgan fingerprint density at radius 3 is 2.31 bits per heavy atom. The molecule has 2 unspecified atom stereocenters. The minimum atomic E-state index is -0.817. The highest BCUT2D eigenvalue weighted by Gasteiger charge is 2.30. The number of aliphatic hydroxyl groups is 2. The Hall–Kier alpha value is -1.53. The van der Waals surface area contributed by atoms with Crippen LogP contribution in [0.4, 0.5) is 0 Å². The van der Waals surface area contributed by atoms with Crippen LogP contribution in [-0.4, -0.2) is 45.8 Å². The highest BCUT2D eigenvalue weighted by atomic mass is 32.2. The molecule has 1 fully saturated rings. The second-order valence-corrected chi connectivity index (χ2v) is 10.3. The predicted octanol–water partition coefficient (Wildman–Crippen LogP) is 4.70. The molecule has 5 heteroatoms. The van der Waals surface area contributed by atoms with Crippen LogP contribution in [0.5, 0.6) is 5.75 Å². The fraction of sp³-hybridized carbons (Fsp3) is 0.500. The lowest BCUT2D eigenvalue weighted by Crippen LogP contribution is -2.46. The van der Waals surface area contributed by atoms with Crippen LogP contribution in [0.2, 0.25) is 0 Å². The fourth-order valence-corrected chi connectivity index (χ4v) is 5.14. The quantitative estimate of drug-likeness (QED) is 0.761. The third kappa shape index (κ3) is 4.64. The molecule has 0 radical (unpaired) electrons. The van der Waals surface area contributed by atoms with Gasteiger partial charge in [-0.25, -0.2) is 0 Å². The van der Waals surface area contributed by atoms with E-state index in [-0.39, 0.29) is 5.54 Å². The minimum absolute atomic E-state index is 0.256. The van der Waals surface area contributed by atoms with Gasteiger partial charge in [0.2, 0.25) is 0 Å². The standard InChI is InChI=1S/C24H31NO3S/c1-24(2,3)25-12-10-16(11-13-25)15-28-19-7-4-17(5-8-19)18-6-9-21-20(14-18)22(26)23(27)29-21/h4-9,14,16,22-23,26-27H,10-13,15H2,1-3H3. The Morgan fingerprint density at radius 2 is 1.66 bits per heavy atom. The molecular weight excluding hydrogens is 382 g/mol. The summed E-state index contributed by atoms with van der Waals surface area (Å²) in [7, 11) is 0. The number of benzene rings is 2. The van der Waals surface area contributed by atoms with Gasteiger partial charge in [-0.3, -0.25) is 4.90 Å². The third-order valence-corrected chi connectivity index (χ3v) is 7.21. The maximum atomic E-state index is 10.1. The van der Waals surface area contributed by atoms with Crippen molar-refractivity contribution in [2.24, 2.45) is 5.92 Å². The van der Waals surface area contributed by atoms with Gasteiger partial charge in [-0.05, 0) is 93.6 Å². The molecule has 2 aliphatic rings. The molecule has 0 spiro atoms. The van der Waals surface area contributed by atoms with Gasteiger partial charge in [0, 0.05) is 10.4 Å². The van der Waals surface area contributed by atoms with Gasteiger partial charge in [0.05, 0.1) is 6.61 Å². The number of fused-ring (bicyclic) bond motifs is 1. The number of rotatable bonds is 4. The van der Waals surface area contributed by atoms with E-state index >= 15 is 0 Å². The van der Waals surface area contributed by atoms with Crippen molar-refractivity contribution in [3.05, 3.63) is 48.0 Å². The van der Waals surface area contributed by atoms with Crippen molar-refractivity contribution in [2.75, 3.05) is 19.7 Å². The number of hydrogen-bond donors (Lipinski definition) is 2. The largest absolute Gasteiger partial charge is 0.493 e. The summed E-state index contributed by atoms with van der Waals surface area (Å²) in [6.07, 6.45) is 1.56. The van der Waals surface area contributed by atoms with Gasteiger partial charge in [-0.2, -0.15) is 0 Å². The molecule has 156 valence electrons. The Labute approximate surface area is 177 Å². The highest BCUT2D eigenvalue weighted by molar-refractivity contribution is 8.00. The second kappa shape index (κ2) is 8.31. The number of hydrogen-bond acceptors (Lipinski definition) is 5. The zero-order valence-corrected chi connectivity index (χ0v) is 18.3. The molecule has 2 aliphatic heterocycles. The number of thioether (sulfide) groups is 1. The maximum absolute atomic E-state index is 10.1. The summed E-state index contributed by atoms with van der Waals surface area (Å²) in [5.41, 5.74) is 2.41. The SMILES string of the molecule is CC(C)(C)N1CCC(COc2ccc(-c3ccc4c(c3)C(O)C(O)S4)cc2)CC1. The first kappa shape index (κ1) is 20.7. The van der Waals surface area contributed by atoms with E-state index in [0.29, 0.717) is 5.92 Å². The van der Waals surface area contributed by atoms with E-state index in [2.05, 4.69) is 37.8 Å². The predicted molar refractivity (Wildman–Crippen MR) is 118 cm³/mol. The van der Waals surface area contributed by atoms with Crippen molar-refractivity contribution < 1.29 is 14.9 Å². The van der Waals surface area contributed by atoms with Gasteiger partial charge < -0.3 is 14.9 Å². The maximum Gasteiger partial charge on any atom is 0.134 e. The lowest BCUT2D eigenvalue weighted by atomic mass is 9.93. The lowest BCUT2D eigenvalue weighted by molar-refractivity contribution is 0.0721. The van der Waals surface area contributed by atoms with Crippen molar-refractivity contribution in [1.82, 2.24) is 4.90 Å². The van der Waals surface area contributed by atoms with E-state index in [1.165, 1.54) is 24.6 Å². The third-order valence-electron chi connectivity index (χ3n) is 6.08. The lowest BCUT2D eigenvalue weighted by Gasteiger charge is -2.40. The fourth-order valence-electron chi connectivity index (χ4n) is 4.14. The molecule has 2 N–H and O–H groups in total. The van der Waals surface area contributed by atoms with Crippen molar-refractivity contribution in [3.63, 3.8) is 0 Å². The summed E-state index contributed by atoms with van der Waals surface area (Å²) in [5, 5.41) is 20.0. The van der Waals surface area contributed by atoms with Crippen LogP contribution in [0.3, 0.4) is 0 Å². The summed E-state index contributed by atoms with van der Waals surface area (Å²) in [5.74, 6) is 1.52. The van der Waals surface area contributed by atoms with Crippen LogP contribution in [-0.2, 0) is 0 Å². The summed E-state index contributed by atoms with van der Waals surface area (Å²) in [6, 6.07) is 14.1. The van der Waals surface area contributed by atoms with E-state index in [1.54, 1.807) is 0 Å². The monoisotopic (exact) mass is 413 g/mol. The van der Waals surface area contributed by atoms with Crippen LogP contribution >= 0.6 is 11.8 Å². The van der Waals surface area contributed by atoms with Gasteiger partial charge in [0.15, 0.2) is 0 Å². The van der Waals surface area contributed by atoms with Crippen LogP contribution in [0.15, 0.2) is 47.4 Å². The van der Waals surface area contributed by atoms with Gasteiger partial charge in [-0.15, -0.1) is 0 Å². The summed E-state index contributed by atoms with van der Waals surface area (Å²) >= 11 is 1.31. The molecule has 0 saturated carbocycles. The van der Waals surface area contributed by atoms with Gasteiger partial charge >= 0.3 is 0 Å². The van der Waals surface area contributed by atoms with Gasteiger partial charge in [-0.1, -0.05) is 30.0 Å². The molecule has 0 bridgehead atoms. The zero-order chi connectivity index (χ0) is 20.6. The summed E-state index contributed by atoms with van der Waals surface area (Å²) < 4.78 is 6.07. The number of aliphatic hydroxyl groups excluding tert-OH is 2. The Balaban J connectivity index is 1.34. The number of ether oxygens (including phenoxy) is 1. The Bertz CT molecular complexity index is 838. The first-order valence-corrected chi connectivity index (χ1v) is 11.3. The molecule has 2 aromatic carbocycles. The normalized spacial score (nSPS) is 23.2. The van der Waals surface area contributed by atoms with Gasteiger partial charge in [0.1, 0.15) is 17.3 Å². The topological polar surface area (TPSA) is 52.9 Å². The van der Waals surface area contributed by atoms with Crippen molar-refractivity contribution >= 4 is 11.8 Å². The van der Waals surface area contributed by atoms with Crippen molar-refractivity contribution in [3.8, 4) is 16.9 Å². The molecule has 0 aromatic heterocycles. The smallest absolute Gasteiger partial charge is 0.134 e. The van der Waals surface area contributed by atoms with E-state index in [0.717, 1.165) is 47.0 Å². The first-order chi connectivity index (χ1) is 13.8. The molecule has 4 rings (SSSR count). The number of likely N-dealkylation sites (tertiary alicyclic amines) is 1. The van der Waals surface area contributed by atoms with E-state index < -0.39 is 11.5 Å². The molecule has 2 atom stereocenters. The zero-order valence-electron chi connectivity index (χ0n) is 17.5. The molecule has 0 amide bonds. The molecule has 29 heavy (non-hydrogen) atoms. The molecule has 4 nitrogen and oxygen atoms in total. The summed E-state index contributed by atoms with van der Waals surface area (Å²) in [4.78, 5) is 3.51. The average Bonchev–Trinajstić information content (AvgIpc) is 3.00. The molecule has 1 saturated heterocycles. The first-order valence-electron chi connectivity index (χ1n) is 10.5. The van der Waals surface area contributed by atoms with E-state index in [1.807, 2.05) is 30.3 Å². The Morgan fingerprint density at radius 1 is 1.00 bits per heavy atom. The van der Waals surface area contributed by atoms with Crippen LogP contribution in [0, 0.1) is 5.92 Å². The molecule has 2 heterocycles. The number of piperidine rings is 1. The second-order valence-electron chi connectivity index (χ2n) is 9.14. The van der Waals surface area contributed by atoms with E-state index in [4.69, 9.17) is 4.74 Å². The molecular formula is C24H31NO3S. The highest BCUT2D eigenvalue weighted by Crippen LogP contribution is 2.44. The Kier molecular flexibility index (Phi) is 5.94. The van der Waals surface area contributed by atoms with Crippen LogP contribution in [0.1, 0.15) is 45.3 Å². The van der Waals surface area contributed by atoms with Crippen molar-refractivity contribution in [2.45, 2.75) is 55.6 Å². The van der Waals surface area contributed by atoms with E-state index in [9.17, 15) is 10.2 Å². The van der Waals surface area contributed by atoms with Gasteiger partial charge in [0.25, 0.3) is 0 Å². The molecule has 2 aromatic rings. The average molecular weight is 414 g/mol. The van der Waals surface area contributed by atoms with Crippen LogP contribution in [0.25, 0.3) is 11.1 Å². The summed E-state index contributed by atoms with van der Waals surface area (Å²) in [6.45, 7) is 9.93. The number of nitrogens with zero attached hydrogens (tertiary/aromatic N) is 1. The van der Waals surface area contributed by atoms with Crippen molar-refractivity contribution in [1.29, 1.82) is 0 Å². The van der Waals surface area contributed by atoms with Crippen LogP contribution < -0.4 is 4.74 Å². The minimum Gasteiger partial charge on any atom is -0.493 e. The molecule has 0 aliphatic carbocycles.